The van der Waals surface area contributed by atoms with Crippen molar-refractivity contribution in [3.63, 3.8) is 0 Å². The van der Waals surface area contributed by atoms with Crippen LogP contribution < -0.4 is 10.6 Å². The molecule has 0 bridgehead atoms. The Morgan fingerprint density at radius 3 is 2.64 bits per heavy atom. The molecule has 0 radical (unpaired) electrons. The molecule has 1 aliphatic carbocycles. The van der Waals surface area contributed by atoms with Crippen LogP contribution in [0, 0.1) is 19.8 Å². The first-order valence-electron chi connectivity index (χ1n) is 12.3. The van der Waals surface area contributed by atoms with Crippen LogP contribution in [0.1, 0.15) is 43.2 Å². The van der Waals surface area contributed by atoms with Gasteiger partial charge in [0.05, 0.1) is 25.9 Å². The summed E-state index contributed by atoms with van der Waals surface area (Å²) in [6.07, 6.45) is 4.01. The second-order valence-electron chi connectivity index (χ2n) is 9.55. The topological polar surface area (TPSA) is 91.4 Å². The standard InChI is InChI=1S/C26H38N4O3/c1-18-5-3-8-23(19(18)2)29-11-9-20(10-12-29)24(31)17-28-22-7-4-6-21(22)25(27)26(32)30-13-15-33-16-14-30/h3,5,8,20,24,31H,4,6-7,9-17,27H2,1-2H3/b25-21-,28-22?. The molecule has 7 heteroatoms. The molecular formula is C26H38N4O3. The molecule has 2 heterocycles. The Morgan fingerprint density at radius 1 is 1.18 bits per heavy atom. The van der Waals surface area contributed by atoms with Gasteiger partial charge in [-0.1, -0.05) is 12.1 Å². The maximum absolute atomic E-state index is 12.8. The lowest BCUT2D eigenvalue weighted by Crippen LogP contribution is -2.43. The predicted molar refractivity (Wildman–Crippen MR) is 132 cm³/mol. The van der Waals surface area contributed by atoms with Crippen molar-refractivity contribution >= 4 is 17.3 Å². The number of aliphatic hydroxyl groups excluding tert-OH is 1. The molecule has 180 valence electrons. The highest BCUT2D eigenvalue weighted by molar-refractivity contribution is 6.09. The fourth-order valence-electron chi connectivity index (χ4n) is 5.21. The number of benzene rings is 1. The molecule has 2 aliphatic heterocycles. The fourth-order valence-corrected chi connectivity index (χ4v) is 5.21. The van der Waals surface area contributed by atoms with Crippen LogP contribution in [0.4, 0.5) is 5.69 Å². The number of rotatable bonds is 5. The number of carbonyl (C=O) groups is 1. The molecule has 1 unspecified atom stereocenters. The Kier molecular flexibility index (Phi) is 7.71. The molecule has 3 aliphatic rings. The summed E-state index contributed by atoms with van der Waals surface area (Å²) in [5, 5.41) is 10.9. The molecule has 1 saturated carbocycles. The summed E-state index contributed by atoms with van der Waals surface area (Å²) in [4.78, 5) is 21.7. The number of morpholine rings is 1. The minimum Gasteiger partial charge on any atom is -0.394 e. The van der Waals surface area contributed by atoms with Gasteiger partial charge in [-0.2, -0.15) is 0 Å². The molecule has 7 nitrogen and oxygen atoms in total. The van der Waals surface area contributed by atoms with E-state index >= 15 is 0 Å². The summed E-state index contributed by atoms with van der Waals surface area (Å²) in [5.41, 5.74) is 12.4. The minimum atomic E-state index is -0.462. The summed E-state index contributed by atoms with van der Waals surface area (Å²) in [5.74, 6) is 0.138. The minimum absolute atomic E-state index is 0.109. The van der Waals surface area contributed by atoms with Crippen molar-refractivity contribution < 1.29 is 14.6 Å². The number of aliphatic imine (C=N–C) groups is 1. The number of piperidine rings is 1. The molecule has 1 amide bonds. The van der Waals surface area contributed by atoms with Gasteiger partial charge in [0.25, 0.3) is 5.91 Å². The highest BCUT2D eigenvalue weighted by atomic mass is 16.5. The molecule has 33 heavy (non-hydrogen) atoms. The number of nitrogens with two attached hydrogens (primary N) is 1. The second kappa shape index (κ2) is 10.7. The average Bonchev–Trinajstić information content (AvgIpc) is 3.32. The lowest BCUT2D eigenvalue weighted by Gasteiger charge is -2.36. The molecule has 1 aromatic carbocycles. The number of aryl methyl sites for hydroxylation is 1. The van der Waals surface area contributed by atoms with E-state index in [1.807, 2.05) is 0 Å². The van der Waals surface area contributed by atoms with Crippen LogP contribution in [0.15, 0.2) is 34.5 Å². The predicted octanol–water partition coefficient (Wildman–Crippen LogP) is 2.58. The zero-order valence-corrected chi connectivity index (χ0v) is 20.1. The normalized spacial score (nSPS) is 23.8. The average molecular weight is 455 g/mol. The monoisotopic (exact) mass is 454 g/mol. The van der Waals surface area contributed by atoms with Crippen LogP contribution in [0.5, 0.6) is 0 Å². The smallest absolute Gasteiger partial charge is 0.270 e. The molecule has 3 N–H and O–H groups in total. The van der Waals surface area contributed by atoms with E-state index in [1.54, 1.807) is 4.90 Å². The number of hydrogen-bond acceptors (Lipinski definition) is 6. The third-order valence-corrected chi connectivity index (χ3v) is 7.51. The van der Waals surface area contributed by atoms with Crippen LogP contribution in [-0.2, 0) is 9.53 Å². The van der Waals surface area contributed by atoms with Crippen molar-refractivity contribution in [3.8, 4) is 0 Å². The van der Waals surface area contributed by atoms with Gasteiger partial charge >= 0.3 is 0 Å². The number of ether oxygens (including phenoxy) is 1. The number of nitrogens with zero attached hydrogens (tertiary/aromatic N) is 3. The van der Waals surface area contributed by atoms with Crippen molar-refractivity contribution in [2.24, 2.45) is 16.6 Å². The van der Waals surface area contributed by atoms with Gasteiger partial charge < -0.3 is 25.4 Å². The Morgan fingerprint density at radius 2 is 1.91 bits per heavy atom. The highest BCUT2D eigenvalue weighted by Gasteiger charge is 2.28. The first-order chi connectivity index (χ1) is 16.0. The van der Waals surface area contributed by atoms with E-state index in [4.69, 9.17) is 15.5 Å². The molecule has 4 rings (SSSR count). The molecule has 0 spiro atoms. The number of carbonyl (C=O) groups excluding carboxylic acids is 1. The quantitative estimate of drug-likeness (QED) is 0.668. The fraction of sp³-hybridized carbons (Fsp3) is 0.615. The summed E-state index contributed by atoms with van der Waals surface area (Å²) >= 11 is 0. The summed E-state index contributed by atoms with van der Waals surface area (Å²) < 4.78 is 5.34. The van der Waals surface area contributed by atoms with Gasteiger partial charge in [-0.25, -0.2) is 0 Å². The van der Waals surface area contributed by atoms with Crippen LogP contribution in [0.2, 0.25) is 0 Å². The third kappa shape index (κ3) is 5.41. The van der Waals surface area contributed by atoms with Crippen molar-refractivity contribution in [2.45, 2.75) is 52.1 Å². The van der Waals surface area contributed by atoms with Gasteiger partial charge in [-0.05, 0) is 69.1 Å². The molecule has 0 aromatic heterocycles. The van der Waals surface area contributed by atoms with E-state index in [2.05, 4.69) is 36.9 Å². The Bertz CT molecular complexity index is 912. The maximum Gasteiger partial charge on any atom is 0.270 e. The summed E-state index contributed by atoms with van der Waals surface area (Å²) in [7, 11) is 0. The lowest BCUT2D eigenvalue weighted by molar-refractivity contribution is -0.131. The number of amides is 1. The van der Waals surface area contributed by atoms with Gasteiger partial charge in [0.15, 0.2) is 0 Å². The maximum atomic E-state index is 12.8. The number of allylic oxidation sites excluding steroid dienone is 1. The second-order valence-corrected chi connectivity index (χ2v) is 9.55. The van der Waals surface area contributed by atoms with E-state index < -0.39 is 6.10 Å². The van der Waals surface area contributed by atoms with Gasteiger partial charge in [-0.3, -0.25) is 9.79 Å². The van der Waals surface area contributed by atoms with Crippen molar-refractivity contribution in [1.82, 2.24) is 4.90 Å². The van der Waals surface area contributed by atoms with E-state index in [0.29, 0.717) is 38.5 Å². The SMILES string of the molecule is Cc1cccc(N2CCC(C(O)CN=C3CCC/C3=C(/N)C(=O)N3CCOCC3)CC2)c1C. The Balaban J connectivity index is 1.34. The van der Waals surface area contributed by atoms with Gasteiger partial charge in [-0.15, -0.1) is 0 Å². The van der Waals surface area contributed by atoms with Crippen LogP contribution in [0.3, 0.4) is 0 Å². The third-order valence-electron chi connectivity index (χ3n) is 7.51. The summed E-state index contributed by atoms with van der Waals surface area (Å²) in [6.45, 7) is 8.91. The molecular weight excluding hydrogens is 416 g/mol. The largest absolute Gasteiger partial charge is 0.394 e. The van der Waals surface area contributed by atoms with Crippen molar-refractivity contribution in [1.29, 1.82) is 0 Å². The zero-order valence-electron chi connectivity index (χ0n) is 20.1. The van der Waals surface area contributed by atoms with Crippen molar-refractivity contribution in [2.75, 3.05) is 50.8 Å². The van der Waals surface area contributed by atoms with E-state index in [0.717, 1.165) is 56.5 Å². The summed E-state index contributed by atoms with van der Waals surface area (Å²) in [6, 6.07) is 6.47. The van der Waals surface area contributed by atoms with Crippen LogP contribution in [-0.4, -0.2) is 73.7 Å². The molecule has 1 atom stereocenters. The van der Waals surface area contributed by atoms with E-state index in [9.17, 15) is 9.90 Å². The van der Waals surface area contributed by atoms with Gasteiger partial charge in [0.1, 0.15) is 5.70 Å². The first kappa shape index (κ1) is 23.8. The van der Waals surface area contributed by atoms with Crippen molar-refractivity contribution in [3.05, 3.63) is 40.6 Å². The molecule has 1 aromatic rings. The van der Waals surface area contributed by atoms with Gasteiger partial charge in [0.2, 0.25) is 0 Å². The Labute approximate surface area is 197 Å². The van der Waals surface area contributed by atoms with Crippen LogP contribution in [0.25, 0.3) is 0 Å². The highest BCUT2D eigenvalue weighted by Crippen LogP contribution is 2.30. The Hall–Kier alpha value is -2.38. The first-order valence-corrected chi connectivity index (χ1v) is 12.3. The number of aliphatic hydroxyl groups is 1. The zero-order chi connectivity index (χ0) is 23.4. The van der Waals surface area contributed by atoms with E-state index in [-0.39, 0.29) is 11.8 Å². The van der Waals surface area contributed by atoms with Crippen LogP contribution >= 0.6 is 0 Å². The van der Waals surface area contributed by atoms with Gasteiger partial charge in [0, 0.05) is 43.2 Å². The number of anilines is 1. The molecule has 3 fully saturated rings. The van der Waals surface area contributed by atoms with E-state index in [1.165, 1.54) is 16.8 Å². The number of hydrogen-bond donors (Lipinski definition) is 2. The molecule has 2 saturated heterocycles. The lowest BCUT2D eigenvalue weighted by atomic mass is 9.90.